The minimum atomic E-state index is -0.191. The summed E-state index contributed by atoms with van der Waals surface area (Å²) in [4.78, 5) is 19.7. The maximum Gasteiger partial charge on any atom is 0.260 e. The number of rotatable bonds is 9. The van der Waals surface area contributed by atoms with E-state index in [0.29, 0.717) is 6.42 Å². The molecule has 4 rings (SSSR count). The Morgan fingerprint density at radius 2 is 1.67 bits per heavy atom. The number of amides is 1. The summed E-state index contributed by atoms with van der Waals surface area (Å²) in [7, 11) is 0. The molecule has 0 aliphatic rings. The molecule has 3 aromatic carbocycles. The lowest BCUT2D eigenvalue weighted by Gasteiger charge is -2.20. The summed E-state index contributed by atoms with van der Waals surface area (Å²) in [6.07, 6.45) is 2.33. The Bertz CT molecular complexity index is 1220. The Labute approximate surface area is 194 Å². The van der Waals surface area contributed by atoms with Crippen LogP contribution >= 0.6 is 0 Å². The molecule has 0 atom stereocenters. The van der Waals surface area contributed by atoms with Crippen molar-refractivity contribution in [1.82, 2.24) is 15.0 Å². The highest BCUT2D eigenvalue weighted by atomic mass is 16.2. The van der Waals surface area contributed by atoms with E-state index in [1.54, 1.807) is 6.21 Å². The average molecular weight is 440 g/mol. The maximum atomic E-state index is 12.7. The molecular formula is C27H29N5O. The first-order valence-electron chi connectivity index (χ1n) is 11.3. The van der Waals surface area contributed by atoms with Gasteiger partial charge >= 0.3 is 0 Å². The van der Waals surface area contributed by atoms with Crippen molar-refractivity contribution in [1.29, 1.82) is 0 Å². The topological polar surface area (TPSA) is 62.5 Å². The largest absolute Gasteiger partial charge is 0.372 e. The van der Waals surface area contributed by atoms with Crippen molar-refractivity contribution in [3.8, 4) is 0 Å². The van der Waals surface area contributed by atoms with Gasteiger partial charge < -0.3 is 9.47 Å². The molecule has 168 valence electrons. The summed E-state index contributed by atoms with van der Waals surface area (Å²) >= 11 is 0. The van der Waals surface area contributed by atoms with Gasteiger partial charge in [0.1, 0.15) is 12.4 Å². The van der Waals surface area contributed by atoms with Gasteiger partial charge in [0.2, 0.25) is 0 Å². The lowest BCUT2D eigenvalue weighted by Crippen LogP contribution is -2.24. The molecule has 0 unspecified atom stereocenters. The molecule has 1 heterocycles. The molecule has 0 aliphatic carbocycles. The summed E-state index contributed by atoms with van der Waals surface area (Å²) in [5.41, 5.74) is 7.75. The Hall–Kier alpha value is -3.93. The third-order valence-corrected chi connectivity index (χ3v) is 5.66. The van der Waals surface area contributed by atoms with Crippen LogP contribution in [-0.4, -0.2) is 34.8 Å². The van der Waals surface area contributed by atoms with Gasteiger partial charge in [-0.25, -0.2) is 10.4 Å². The number of imidazole rings is 1. The number of hydrogen-bond donors (Lipinski definition) is 1. The van der Waals surface area contributed by atoms with Crippen molar-refractivity contribution >= 4 is 28.8 Å². The number of fused-ring (bicyclic) bond motifs is 1. The van der Waals surface area contributed by atoms with Crippen LogP contribution in [0.2, 0.25) is 0 Å². The second-order valence-electron chi connectivity index (χ2n) is 7.82. The first-order valence-corrected chi connectivity index (χ1v) is 11.3. The first-order chi connectivity index (χ1) is 16.2. The molecule has 1 N–H and O–H groups in total. The number of hydrogen-bond acceptors (Lipinski definition) is 4. The number of anilines is 1. The second kappa shape index (κ2) is 10.6. The van der Waals surface area contributed by atoms with Crippen molar-refractivity contribution in [3.05, 3.63) is 95.8 Å². The Balaban J connectivity index is 1.45. The smallest absolute Gasteiger partial charge is 0.260 e. The van der Waals surface area contributed by atoms with Crippen LogP contribution < -0.4 is 10.3 Å². The number of nitrogens with zero attached hydrogens (tertiary/aromatic N) is 4. The van der Waals surface area contributed by atoms with E-state index in [9.17, 15) is 4.79 Å². The summed E-state index contributed by atoms with van der Waals surface area (Å²) in [5, 5.41) is 4.16. The van der Waals surface area contributed by atoms with Gasteiger partial charge in [-0.3, -0.25) is 4.79 Å². The minimum Gasteiger partial charge on any atom is -0.372 e. The van der Waals surface area contributed by atoms with Crippen LogP contribution in [0.1, 0.15) is 30.8 Å². The zero-order chi connectivity index (χ0) is 23.0. The maximum absolute atomic E-state index is 12.7. The molecule has 1 aromatic heterocycles. The fraction of sp³-hybridized carbons (Fsp3) is 0.222. The van der Waals surface area contributed by atoms with Crippen molar-refractivity contribution < 1.29 is 4.79 Å². The van der Waals surface area contributed by atoms with E-state index in [1.807, 2.05) is 59.2 Å². The second-order valence-corrected chi connectivity index (χ2v) is 7.82. The molecule has 0 aliphatic heterocycles. The van der Waals surface area contributed by atoms with Gasteiger partial charge in [0.25, 0.3) is 5.91 Å². The number of hydrazone groups is 1. The van der Waals surface area contributed by atoms with Crippen LogP contribution in [0.3, 0.4) is 0 Å². The molecule has 0 saturated heterocycles. The average Bonchev–Trinajstić information content (AvgIpc) is 3.18. The zero-order valence-electron chi connectivity index (χ0n) is 19.1. The molecule has 0 saturated carbocycles. The van der Waals surface area contributed by atoms with Crippen LogP contribution in [0.4, 0.5) is 5.69 Å². The van der Waals surface area contributed by atoms with Crippen molar-refractivity contribution in [2.45, 2.75) is 26.8 Å². The van der Waals surface area contributed by atoms with Crippen molar-refractivity contribution in [2.75, 3.05) is 18.0 Å². The molecule has 6 nitrogen and oxygen atoms in total. The Kier molecular flexibility index (Phi) is 7.15. The molecular weight excluding hydrogens is 410 g/mol. The molecule has 0 spiro atoms. The van der Waals surface area contributed by atoms with Crippen molar-refractivity contribution in [2.24, 2.45) is 5.10 Å². The van der Waals surface area contributed by atoms with Crippen LogP contribution in [0.15, 0.2) is 84.0 Å². The van der Waals surface area contributed by atoms with Gasteiger partial charge in [0, 0.05) is 25.2 Å². The molecule has 33 heavy (non-hydrogen) atoms. The molecule has 0 bridgehead atoms. The quantitative estimate of drug-likeness (QED) is 0.306. The van der Waals surface area contributed by atoms with Crippen LogP contribution in [0.25, 0.3) is 11.0 Å². The van der Waals surface area contributed by atoms with Crippen LogP contribution in [0.5, 0.6) is 0 Å². The minimum absolute atomic E-state index is 0.154. The van der Waals surface area contributed by atoms with Gasteiger partial charge in [-0.2, -0.15) is 5.10 Å². The standard InChI is InChI=1S/C27H29N5O/c1-3-31(4-2)23-16-14-22(15-17-23)19-28-30-27(33)20-32-25-13-9-8-12-24(25)29-26(32)18-21-10-6-5-7-11-21/h5-17,19H,3-4,18,20H2,1-2H3,(H,30,33)/b28-19+. The van der Waals surface area contributed by atoms with Gasteiger partial charge in [-0.15, -0.1) is 0 Å². The van der Waals surface area contributed by atoms with Gasteiger partial charge in [-0.1, -0.05) is 54.6 Å². The van der Waals surface area contributed by atoms with Gasteiger partial charge in [0.05, 0.1) is 17.2 Å². The highest BCUT2D eigenvalue weighted by molar-refractivity contribution is 5.84. The number of aromatic nitrogens is 2. The SMILES string of the molecule is CCN(CC)c1ccc(/C=N/NC(=O)Cn2c(Cc3ccccc3)nc3ccccc32)cc1. The van der Waals surface area contributed by atoms with Gasteiger partial charge in [-0.05, 0) is 49.2 Å². The molecule has 0 fully saturated rings. The van der Waals surface area contributed by atoms with E-state index in [4.69, 9.17) is 4.98 Å². The summed E-state index contributed by atoms with van der Waals surface area (Å²) in [5.74, 6) is 0.664. The Morgan fingerprint density at radius 1 is 0.970 bits per heavy atom. The lowest BCUT2D eigenvalue weighted by molar-refractivity contribution is -0.121. The predicted molar refractivity (Wildman–Crippen MR) is 135 cm³/mol. The van der Waals surface area contributed by atoms with E-state index in [2.05, 4.69) is 53.5 Å². The number of nitrogens with one attached hydrogen (secondary N) is 1. The third-order valence-electron chi connectivity index (χ3n) is 5.66. The molecule has 6 heteroatoms. The number of para-hydroxylation sites is 2. The van der Waals surface area contributed by atoms with E-state index < -0.39 is 0 Å². The number of benzene rings is 3. The van der Waals surface area contributed by atoms with Crippen LogP contribution in [-0.2, 0) is 17.8 Å². The van der Waals surface area contributed by atoms with Crippen molar-refractivity contribution in [3.63, 3.8) is 0 Å². The third kappa shape index (κ3) is 5.47. The van der Waals surface area contributed by atoms with Gasteiger partial charge in [0.15, 0.2) is 0 Å². The molecule has 1 amide bonds. The lowest BCUT2D eigenvalue weighted by atomic mass is 10.1. The number of carbonyl (C=O) groups is 1. The predicted octanol–water partition coefficient (Wildman–Crippen LogP) is 4.62. The van der Waals surface area contributed by atoms with E-state index in [1.165, 1.54) is 5.69 Å². The van der Waals surface area contributed by atoms with E-state index >= 15 is 0 Å². The molecule has 0 radical (unpaired) electrons. The zero-order valence-corrected chi connectivity index (χ0v) is 19.1. The van der Waals surface area contributed by atoms with Crippen LogP contribution in [0, 0.1) is 0 Å². The summed E-state index contributed by atoms with van der Waals surface area (Å²) in [6.45, 7) is 6.37. The highest BCUT2D eigenvalue weighted by Crippen LogP contribution is 2.19. The summed E-state index contributed by atoms with van der Waals surface area (Å²) in [6, 6.07) is 26.2. The summed E-state index contributed by atoms with van der Waals surface area (Å²) < 4.78 is 1.96. The fourth-order valence-corrected chi connectivity index (χ4v) is 3.93. The first kappa shape index (κ1) is 22.3. The fourth-order valence-electron chi connectivity index (χ4n) is 3.93. The monoisotopic (exact) mass is 439 g/mol. The highest BCUT2D eigenvalue weighted by Gasteiger charge is 2.13. The van der Waals surface area contributed by atoms with E-state index in [-0.39, 0.29) is 12.5 Å². The number of carbonyl (C=O) groups excluding carboxylic acids is 1. The van der Waals surface area contributed by atoms with E-state index in [0.717, 1.165) is 41.1 Å². The normalized spacial score (nSPS) is 11.2. The Morgan fingerprint density at radius 3 is 2.39 bits per heavy atom. The molecule has 4 aromatic rings.